The largest absolute Gasteiger partial charge is 0.476 e. The predicted octanol–water partition coefficient (Wildman–Crippen LogP) is 2.78. The van der Waals surface area contributed by atoms with Crippen molar-refractivity contribution in [1.82, 2.24) is 19.6 Å². The van der Waals surface area contributed by atoms with Gasteiger partial charge in [0.05, 0.1) is 23.6 Å². The highest BCUT2D eigenvalue weighted by Crippen LogP contribution is 2.22. The van der Waals surface area contributed by atoms with Crippen LogP contribution in [-0.4, -0.2) is 36.5 Å². The smallest absolute Gasteiger partial charge is 0.356 e. The van der Waals surface area contributed by atoms with Gasteiger partial charge in [0.25, 0.3) is 0 Å². The van der Waals surface area contributed by atoms with E-state index in [1.54, 1.807) is 30.7 Å². The molecule has 0 bridgehead atoms. The minimum absolute atomic E-state index is 0.130. The van der Waals surface area contributed by atoms with Crippen molar-refractivity contribution in [2.75, 3.05) is 5.32 Å². The first kappa shape index (κ1) is 19.3. The number of nitrogens with zero attached hydrogens (tertiary/aromatic N) is 4. The molecule has 2 N–H and O–H groups in total. The molecule has 0 aliphatic heterocycles. The third kappa shape index (κ3) is 3.93. The molecule has 0 spiro atoms. The van der Waals surface area contributed by atoms with Crippen LogP contribution >= 0.6 is 0 Å². The lowest BCUT2D eigenvalue weighted by molar-refractivity contribution is -0.119. The van der Waals surface area contributed by atoms with Crippen LogP contribution in [0, 0.1) is 19.7 Å². The van der Waals surface area contributed by atoms with Crippen LogP contribution < -0.4 is 5.32 Å². The van der Waals surface area contributed by atoms with Crippen molar-refractivity contribution in [1.29, 1.82) is 0 Å². The minimum atomic E-state index is -1.16. The van der Waals surface area contributed by atoms with E-state index in [0.717, 1.165) is 11.3 Å². The van der Waals surface area contributed by atoms with E-state index < -0.39 is 12.0 Å². The molecule has 3 rings (SSSR count). The van der Waals surface area contributed by atoms with Gasteiger partial charge in [-0.1, -0.05) is 12.1 Å². The molecule has 3 aromatic rings. The van der Waals surface area contributed by atoms with E-state index in [4.69, 9.17) is 5.11 Å². The molecule has 0 fully saturated rings. The summed E-state index contributed by atoms with van der Waals surface area (Å²) in [6, 6.07) is 6.88. The maximum Gasteiger partial charge on any atom is 0.356 e. The van der Waals surface area contributed by atoms with Crippen LogP contribution in [0.15, 0.2) is 36.5 Å². The zero-order valence-corrected chi connectivity index (χ0v) is 15.7. The summed E-state index contributed by atoms with van der Waals surface area (Å²) in [5.41, 5.74) is 2.55. The van der Waals surface area contributed by atoms with E-state index in [9.17, 15) is 14.0 Å². The standard InChI is InChI=1S/C19H20FN5O3/c1-11-17(12(2)25(22-11)10-14-5-4-6-15(20)9-14)21-18(26)13(3)24-8-7-16(23-24)19(27)28/h4-9,13H,10H2,1-3H3,(H,21,26)(H,27,28). The van der Waals surface area contributed by atoms with E-state index in [-0.39, 0.29) is 17.4 Å². The number of nitrogens with one attached hydrogen (secondary N) is 1. The first-order chi connectivity index (χ1) is 13.3. The van der Waals surface area contributed by atoms with Gasteiger partial charge in [-0.05, 0) is 44.5 Å². The van der Waals surface area contributed by atoms with E-state index in [1.807, 2.05) is 6.92 Å². The number of benzene rings is 1. The quantitative estimate of drug-likeness (QED) is 0.679. The Bertz CT molecular complexity index is 1040. The Morgan fingerprint density at radius 2 is 2.00 bits per heavy atom. The van der Waals surface area contributed by atoms with Crippen LogP contribution in [0.5, 0.6) is 0 Å². The second-order valence-corrected chi connectivity index (χ2v) is 6.48. The number of aryl methyl sites for hydroxylation is 1. The SMILES string of the molecule is Cc1nn(Cc2cccc(F)c2)c(C)c1NC(=O)C(C)n1ccc(C(=O)O)n1. The molecular weight excluding hydrogens is 365 g/mol. The summed E-state index contributed by atoms with van der Waals surface area (Å²) >= 11 is 0. The van der Waals surface area contributed by atoms with Gasteiger partial charge in [-0.3, -0.25) is 14.2 Å². The van der Waals surface area contributed by atoms with Gasteiger partial charge in [0, 0.05) is 6.20 Å². The fraction of sp³-hybridized carbons (Fsp3) is 0.263. The summed E-state index contributed by atoms with van der Waals surface area (Å²) < 4.78 is 16.4. The Kier molecular flexibility index (Phi) is 5.25. The lowest BCUT2D eigenvalue weighted by atomic mass is 10.2. The van der Waals surface area contributed by atoms with Crippen molar-refractivity contribution < 1.29 is 19.1 Å². The lowest BCUT2D eigenvalue weighted by Crippen LogP contribution is -2.25. The molecule has 0 aliphatic rings. The number of rotatable bonds is 6. The number of amides is 1. The predicted molar refractivity (Wildman–Crippen MR) is 99.7 cm³/mol. The fourth-order valence-electron chi connectivity index (χ4n) is 2.86. The average molecular weight is 385 g/mol. The number of carbonyl (C=O) groups excluding carboxylic acids is 1. The number of anilines is 1. The van der Waals surface area contributed by atoms with Gasteiger partial charge in [-0.2, -0.15) is 10.2 Å². The van der Waals surface area contributed by atoms with Crippen LogP contribution in [0.2, 0.25) is 0 Å². The highest BCUT2D eigenvalue weighted by molar-refractivity contribution is 5.94. The molecule has 1 atom stereocenters. The number of aromatic nitrogens is 4. The Morgan fingerprint density at radius 3 is 2.64 bits per heavy atom. The number of hydrogen-bond acceptors (Lipinski definition) is 4. The van der Waals surface area contributed by atoms with Crippen LogP contribution in [0.25, 0.3) is 0 Å². The van der Waals surface area contributed by atoms with Gasteiger partial charge in [0.1, 0.15) is 11.9 Å². The van der Waals surface area contributed by atoms with Gasteiger partial charge < -0.3 is 10.4 Å². The van der Waals surface area contributed by atoms with Gasteiger partial charge in [0.2, 0.25) is 5.91 Å². The van der Waals surface area contributed by atoms with E-state index in [0.29, 0.717) is 17.9 Å². The van der Waals surface area contributed by atoms with E-state index >= 15 is 0 Å². The summed E-state index contributed by atoms with van der Waals surface area (Å²) in [7, 11) is 0. The molecule has 1 unspecified atom stereocenters. The summed E-state index contributed by atoms with van der Waals surface area (Å²) in [6.07, 6.45) is 1.45. The van der Waals surface area contributed by atoms with Gasteiger partial charge in [-0.25, -0.2) is 9.18 Å². The Labute approximate surface area is 160 Å². The lowest BCUT2D eigenvalue weighted by Gasteiger charge is -2.13. The number of carboxylic acids is 1. The molecule has 1 aromatic carbocycles. The third-order valence-electron chi connectivity index (χ3n) is 4.45. The summed E-state index contributed by atoms with van der Waals surface area (Å²) in [5, 5.41) is 20.1. The van der Waals surface area contributed by atoms with Crippen LogP contribution in [0.4, 0.5) is 10.1 Å². The van der Waals surface area contributed by atoms with Crippen LogP contribution in [-0.2, 0) is 11.3 Å². The second kappa shape index (κ2) is 7.63. The number of carboxylic acid groups (broad SMARTS) is 1. The summed E-state index contributed by atoms with van der Waals surface area (Å²) in [6.45, 7) is 5.58. The van der Waals surface area contributed by atoms with Crippen molar-refractivity contribution in [3.05, 3.63) is 65.0 Å². The molecule has 2 aromatic heterocycles. The molecule has 0 saturated carbocycles. The summed E-state index contributed by atoms with van der Waals surface area (Å²) in [5.74, 6) is -1.82. The molecule has 2 heterocycles. The van der Waals surface area contributed by atoms with Crippen LogP contribution in [0.3, 0.4) is 0 Å². The fourth-order valence-corrected chi connectivity index (χ4v) is 2.86. The Balaban J connectivity index is 1.77. The molecule has 28 heavy (non-hydrogen) atoms. The zero-order valence-electron chi connectivity index (χ0n) is 15.7. The van der Waals surface area contributed by atoms with Crippen molar-refractivity contribution in [2.45, 2.75) is 33.4 Å². The maximum absolute atomic E-state index is 13.4. The zero-order chi connectivity index (χ0) is 20.4. The van der Waals surface area contributed by atoms with Gasteiger partial charge in [-0.15, -0.1) is 0 Å². The van der Waals surface area contributed by atoms with E-state index in [1.165, 1.54) is 29.1 Å². The maximum atomic E-state index is 13.4. The first-order valence-corrected chi connectivity index (χ1v) is 8.64. The Hall–Kier alpha value is -3.49. The number of aromatic carboxylic acids is 1. The van der Waals surface area contributed by atoms with Crippen LogP contribution in [0.1, 0.15) is 40.4 Å². The van der Waals surface area contributed by atoms with E-state index in [2.05, 4.69) is 15.5 Å². The molecule has 146 valence electrons. The van der Waals surface area contributed by atoms with Crippen molar-refractivity contribution >= 4 is 17.6 Å². The summed E-state index contributed by atoms with van der Waals surface area (Å²) in [4.78, 5) is 23.6. The average Bonchev–Trinajstić information content (AvgIpc) is 3.23. The molecule has 8 nitrogen and oxygen atoms in total. The first-order valence-electron chi connectivity index (χ1n) is 8.64. The third-order valence-corrected chi connectivity index (χ3v) is 4.45. The molecule has 9 heteroatoms. The molecule has 0 radical (unpaired) electrons. The second-order valence-electron chi connectivity index (χ2n) is 6.48. The van der Waals surface area contributed by atoms with Crippen molar-refractivity contribution in [2.24, 2.45) is 0 Å². The highest BCUT2D eigenvalue weighted by Gasteiger charge is 2.21. The van der Waals surface area contributed by atoms with Crippen molar-refractivity contribution in [3.63, 3.8) is 0 Å². The highest BCUT2D eigenvalue weighted by atomic mass is 19.1. The number of hydrogen-bond donors (Lipinski definition) is 2. The van der Waals surface area contributed by atoms with Crippen molar-refractivity contribution in [3.8, 4) is 0 Å². The monoisotopic (exact) mass is 385 g/mol. The Morgan fingerprint density at radius 1 is 1.25 bits per heavy atom. The minimum Gasteiger partial charge on any atom is -0.476 e. The normalized spacial score (nSPS) is 12.0. The number of carbonyl (C=O) groups is 2. The number of halogens is 1. The molecule has 0 saturated heterocycles. The molecular formula is C19H20FN5O3. The molecule has 1 amide bonds. The topological polar surface area (TPSA) is 102 Å². The van der Waals surface area contributed by atoms with Gasteiger partial charge >= 0.3 is 5.97 Å². The van der Waals surface area contributed by atoms with Gasteiger partial charge in [0.15, 0.2) is 5.69 Å². The molecule has 0 aliphatic carbocycles.